The maximum Gasteiger partial charge on any atom is 1.00 e. The number of nitrogens with one attached hydrogen (secondary N) is 1. The second-order valence-electron chi connectivity index (χ2n) is 7.17. The fourth-order valence-electron chi connectivity index (χ4n) is 3.04. The first kappa shape index (κ1) is 25.7. The molecule has 0 spiro atoms. The predicted molar refractivity (Wildman–Crippen MR) is 115 cm³/mol. The molecule has 0 aliphatic carbocycles. The molecule has 3 rings (SSSR count). The number of carboxylic acid groups (broad SMARTS) is 1. The first-order valence-electron chi connectivity index (χ1n) is 9.64. The van der Waals surface area contributed by atoms with E-state index in [9.17, 15) is 18.8 Å². The molecule has 2 aromatic carbocycles. The Hall–Kier alpha value is -3.54. The van der Waals surface area contributed by atoms with Crippen molar-refractivity contribution in [2.45, 2.75) is 26.8 Å². The average Bonchev–Trinajstić information content (AvgIpc) is 2.74. The minimum Gasteiger partial charge on any atom is -0.644 e. The van der Waals surface area contributed by atoms with E-state index in [4.69, 9.17) is 5.11 Å². The van der Waals surface area contributed by atoms with Crippen molar-refractivity contribution in [3.8, 4) is 0 Å². The maximum absolute atomic E-state index is 13.3. The van der Waals surface area contributed by atoms with E-state index in [-0.39, 0.29) is 60.6 Å². The van der Waals surface area contributed by atoms with Crippen molar-refractivity contribution in [2.75, 3.05) is 5.32 Å². The van der Waals surface area contributed by atoms with E-state index in [2.05, 4.69) is 20.6 Å². The third-order valence-electron chi connectivity index (χ3n) is 4.67. The van der Waals surface area contributed by atoms with E-state index in [1.165, 1.54) is 18.2 Å². The molecule has 10 heteroatoms. The molecule has 0 saturated heterocycles. The number of carbonyl (C=O) groups excluding carboxylic acids is 2. The fraction of sp³-hybridized carbons (Fsp3) is 0.174. The zero-order valence-corrected chi connectivity index (χ0v) is 18.4. The molecule has 1 heterocycles. The number of aryl methyl sites for hydroxylation is 2. The molecule has 0 saturated carbocycles. The summed E-state index contributed by atoms with van der Waals surface area (Å²) >= 11 is 0. The molecule has 0 atom stereocenters. The summed E-state index contributed by atoms with van der Waals surface area (Å²) < 4.78 is 13.3. The number of aromatic carboxylic acids is 1. The second kappa shape index (κ2) is 11.4. The first-order chi connectivity index (χ1) is 15.2. The van der Waals surface area contributed by atoms with E-state index in [0.717, 1.165) is 6.33 Å². The summed E-state index contributed by atoms with van der Waals surface area (Å²) in [5, 5.41) is 15.6. The Morgan fingerprint density at radius 2 is 1.70 bits per heavy atom. The quantitative estimate of drug-likeness (QED) is 0.523. The number of carboxylic acids is 1. The van der Waals surface area contributed by atoms with Crippen LogP contribution in [0.1, 0.15) is 43.1 Å². The van der Waals surface area contributed by atoms with E-state index in [0.29, 0.717) is 22.3 Å². The van der Waals surface area contributed by atoms with Crippen molar-refractivity contribution >= 4 is 23.6 Å². The molecule has 33 heavy (non-hydrogen) atoms. The summed E-state index contributed by atoms with van der Waals surface area (Å²) in [6.45, 7) is 3.35. The maximum atomic E-state index is 13.3. The summed E-state index contributed by atoms with van der Waals surface area (Å²) in [7, 11) is 0. The minimum absolute atomic E-state index is 0. The molecule has 8 nitrogen and oxygen atoms in total. The Morgan fingerprint density at radius 1 is 1.00 bits per heavy atom. The van der Waals surface area contributed by atoms with Gasteiger partial charge in [-0.15, -0.1) is 6.54 Å². The van der Waals surface area contributed by atoms with Gasteiger partial charge in [0.05, 0.1) is 17.7 Å². The van der Waals surface area contributed by atoms with E-state index in [1.807, 2.05) is 0 Å². The van der Waals surface area contributed by atoms with Crippen LogP contribution in [0, 0.1) is 19.7 Å². The van der Waals surface area contributed by atoms with Crippen LogP contribution in [0.15, 0.2) is 48.8 Å². The van der Waals surface area contributed by atoms with Crippen molar-refractivity contribution < 1.29 is 42.7 Å². The van der Waals surface area contributed by atoms with Crippen LogP contribution in [0.3, 0.4) is 0 Å². The van der Waals surface area contributed by atoms with Crippen molar-refractivity contribution in [1.29, 1.82) is 0 Å². The van der Waals surface area contributed by atoms with Crippen LogP contribution in [0.4, 0.5) is 10.2 Å². The van der Waals surface area contributed by atoms with Crippen LogP contribution >= 0.6 is 0 Å². The Balaban J connectivity index is 0.00000385. The molecule has 0 aliphatic heterocycles. The smallest absolute Gasteiger partial charge is 0.644 e. The summed E-state index contributed by atoms with van der Waals surface area (Å²) in [4.78, 5) is 43.6. The molecule has 1 aromatic heterocycles. The largest absolute Gasteiger partial charge is 1.00 e. The van der Waals surface area contributed by atoms with Gasteiger partial charge in [-0.05, 0) is 42.7 Å². The summed E-state index contributed by atoms with van der Waals surface area (Å²) in [5.74, 6) is -2.20. The normalized spacial score (nSPS) is 10.2. The van der Waals surface area contributed by atoms with Gasteiger partial charge in [-0.2, -0.15) is 0 Å². The number of benzene rings is 2. The van der Waals surface area contributed by atoms with Gasteiger partial charge in [0.25, 0.3) is 0 Å². The van der Waals surface area contributed by atoms with Crippen LogP contribution in [0.2, 0.25) is 0 Å². The number of carbonyl (C=O) groups is 3. The topological polar surface area (TPSA) is 123 Å². The number of aromatic nitrogens is 2. The van der Waals surface area contributed by atoms with Gasteiger partial charge in [0.1, 0.15) is 23.9 Å². The fourth-order valence-corrected chi connectivity index (χ4v) is 3.04. The van der Waals surface area contributed by atoms with Crippen molar-refractivity contribution in [2.24, 2.45) is 0 Å². The van der Waals surface area contributed by atoms with Gasteiger partial charge in [-0.25, -0.2) is 19.2 Å². The predicted octanol–water partition coefficient (Wildman–Crippen LogP) is 0.830. The van der Waals surface area contributed by atoms with Crippen LogP contribution < -0.4 is 24.2 Å². The van der Waals surface area contributed by atoms with Crippen molar-refractivity contribution in [1.82, 2.24) is 9.97 Å². The van der Waals surface area contributed by atoms with Crippen LogP contribution in [-0.4, -0.2) is 32.9 Å². The molecule has 0 fully saturated rings. The van der Waals surface area contributed by atoms with Gasteiger partial charge < -0.3 is 20.5 Å². The van der Waals surface area contributed by atoms with Gasteiger partial charge in [0.15, 0.2) is 0 Å². The molecular weight excluding hydrogens is 422 g/mol. The van der Waals surface area contributed by atoms with Gasteiger partial charge in [-0.3, -0.25) is 4.79 Å². The molecule has 164 valence electrons. The minimum atomic E-state index is -1.03. The summed E-state index contributed by atoms with van der Waals surface area (Å²) in [5.41, 5.74) is 2.52. The van der Waals surface area contributed by atoms with E-state index >= 15 is 0 Å². The SMILES string of the molecule is Cc1cc(C[N-]C(=O)c2cc(NC(=O)Cc3ccc(C(=O)O)c(C)c3)ncn2)ccc1F.[Li+]. The van der Waals surface area contributed by atoms with Gasteiger partial charge in [-0.1, -0.05) is 29.8 Å². The van der Waals surface area contributed by atoms with Crippen molar-refractivity contribution in [3.63, 3.8) is 0 Å². The molecule has 2 N–H and O–H groups in total. The van der Waals surface area contributed by atoms with Crippen LogP contribution in [0.25, 0.3) is 5.32 Å². The zero-order chi connectivity index (χ0) is 23.3. The molecule has 0 bridgehead atoms. The molecular formula is C23H20FLiN4O4. The van der Waals surface area contributed by atoms with Gasteiger partial charge in [0, 0.05) is 6.07 Å². The number of amides is 2. The third-order valence-corrected chi connectivity index (χ3v) is 4.67. The number of rotatable bonds is 7. The number of hydrogen-bond acceptors (Lipinski definition) is 5. The van der Waals surface area contributed by atoms with Gasteiger partial charge in [0.2, 0.25) is 5.91 Å². The van der Waals surface area contributed by atoms with Gasteiger partial charge >= 0.3 is 24.8 Å². The standard InChI is InChI=1S/C23H21FN4O4.Li/c1-13-7-15(3-5-17(13)23(31)32)9-21(29)28-20-10-19(26-12-27-20)22(30)25-11-16-4-6-18(24)14(2)8-16;/h3-8,10,12H,9,11H2,1-2H3,(H3,25,26,27,28,29,30,31,32);/q;+1/p-1. The average molecular weight is 442 g/mol. The Morgan fingerprint density at radius 3 is 2.36 bits per heavy atom. The zero-order valence-electron chi connectivity index (χ0n) is 18.4. The van der Waals surface area contributed by atoms with Crippen molar-refractivity contribution in [3.05, 3.63) is 93.4 Å². The molecule has 2 amide bonds. The number of halogens is 1. The monoisotopic (exact) mass is 442 g/mol. The van der Waals surface area contributed by atoms with Crippen LogP contribution in [0.5, 0.6) is 0 Å². The first-order valence-corrected chi connectivity index (χ1v) is 9.64. The molecule has 0 unspecified atom stereocenters. The Labute approximate surface area is 201 Å². The molecule has 0 aliphatic rings. The van der Waals surface area contributed by atoms with E-state index in [1.54, 1.807) is 38.1 Å². The molecule has 3 aromatic rings. The summed E-state index contributed by atoms with van der Waals surface area (Å²) in [6, 6.07) is 10.5. The Kier molecular flexibility index (Phi) is 8.85. The molecule has 0 radical (unpaired) electrons. The number of hydrogen-bond donors (Lipinski definition) is 2. The Bertz CT molecular complexity index is 1200. The third kappa shape index (κ3) is 6.97. The van der Waals surface area contributed by atoms with Crippen LogP contribution in [-0.2, 0) is 17.8 Å². The number of anilines is 1. The number of nitrogens with zero attached hydrogens (tertiary/aromatic N) is 3. The van der Waals surface area contributed by atoms with E-state index < -0.39 is 11.9 Å². The summed E-state index contributed by atoms with van der Waals surface area (Å²) in [6.07, 6.45) is 1.15. The second-order valence-corrected chi connectivity index (χ2v) is 7.17.